The highest BCUT2D eigenvalue weighted by atomic mass is 35.5. The van der Waals surface area contributed by atoms with Gasteiger partial charge in [-0.1, -0.05) is 11.6 Å². The molecule has 2 atom stereocenters. The zero-order valence-electron chi connectivity index (χ0n) is 12.0. The summed E-state index contributed by atoms with van der Waals surface area (Å²) in [6.07, 6.45) is 6.30. The molecule has 0 radical (unpaired) electrons. The third kappa shape index (κ3) is 2.96. The summed E-state index contributed by atoms with van der Waals surface area (Å²) in [5, 5.41) is 14.5. The van der Waals surface area contributed by atoms with E-state index in [9.17, 15) is 10.1 Å². The van der Waals surface area contributed by atoms with Crippen LogP contribution in [0.15, 0.2) is 12.3 Å². The van der Waals surface area contributed by atoms with Crippen molar-refractivity contribution < 1.29 is 4.92 Å². The van der Waals surface area contributed by atoms with Crippen molar-refractivity contribution in [1.82, 2.24) is 9.88 Å². The molecule has 6 nitrogen and oxygen atoms in total. The Kier molecular flexibility index (Phi) is 3.99. The molecule has 114 valence electrons. The van der Waals surface area contributed by atoms with Gasteiger partial charge in [0.25, 0.3) is 0 Å². The lowest BCUT2D eigenvalue weighted by Gasteiger charge is -2.36. The first kappa shape index (κ1) is 14.5. The fourth-order valence-corrected chi connectivity index (χ4v) is 3.79. The third-order valence-corrected chi connectivity index (χ3v) is 4.99. The second kappa shape index (κ2) is 5.77. The highest BCUT2D eigenvalue weighted by Gasteiger charge is 2.38. The largest absolute Gasteiger partial charge is 0.364 e. The standard InChI is InChI=1S/C14H19ClN4O2/c1-18-11-2-3-12(18)5-9(4-11)7-16-14-13(19(20)21)6-10(15)8-17-14/h6,8-9,11-12H,2-5,7H2,1H3,(H,16,17). The fourth-order valence-electron chi connectivity index (χ4n) is 3.64. The molecule has 21 heavy (non-hydrogen) atoms. The number of rotatable bonds is 4. The van der Waals surface area contributed by atoms with Crippen LogP contribution in [0.2, 0.25) is 5.02 Å². The Bertz CT molecular complexity index is 540. The minimum Gasteiger partial charge on any atom is -0.364 e. The normalized spacial score (nSPS) is 28.6. The monoisotopic (exact) mass is 310 g/mol. The summed E-state index contributed by atoms with van der Waals surface area (Å²) in [4.78, 5) is 17.1. The van der Waals surface area contributed by atoms with Gasteiger partial charge in [0.2, 0.25) is 5.82 Å². The molecule has 2 aliphatic rings. The van der Waals surface area contributed by atoms with E-state index >= 15 is 0 Å². The van der Waals surface area contributed by atoms with Crippen molar-refractivity contribution in [3.63, 3.8) is 0 Å². The van der Waals surface area contributed by atoms with Crippen molar-refractivity contribution >= 4 is 23.1 Å². The number of nitrogens with zero attached hydrogens (tertiary/aromatic N) is 3. The smallest absolute Gasteiger partial charge is 0.312 e. The van der Waals surface area contributed by atoms with E-state index in [0.29, 0.717) is 23.8 Å². The van der Waals surface area contributed by atoms with E-state index in [4.69, 9.17) is 11.6 Å². The molecule has 0 spiro atoms. The van der Waals surface area contributed by atoms with Crippen LogP contribution < -0.4 is 5.32 Å². The number of nitro groups is 1. The first-order valence-electron chi connectivity index (χ1n) is 7.30. The number of pyridine rings is 1. The quantitative estimate of drug-likeness (QED) is 0.684. The molecule has 3 heterocycles. The Morgan fingerprint density at radius 2 is 2.14 bits per heavy atom. The van der Waals surface area contributed by atoms with Crippen LogP contribution in [0, 0.1) is 16.0 Å². The van der Waals surface area contributed by atoms with E-state index in [2.05, 4.69) is 22.2 Å². The third-order valence-electron chi connectivity index (χ3n) is 4.78. The van der Waals surface area contributed by atoms with Crippen LogP contribution in [0.1, 0.15) is 25.7 Å². The number of fused-ring (bicyclic) bond motifs is 2. The maximum Gasteiger partial charge on any atom is 0.312 e. The Morgan fingerprint density at radius 1 is 1.48 bits per heavy atom. The average Bonchev–Trinajstić information content (AvgIpc) is 2.68. The molecule has 3 rings (SSSR count). The predicted octanol–water partition coefficient (Wildman–Crippen LogP) is 2.93. The molecule has 0 saturated carbocycles. The summed E-state index contributed by atoms with van der Waals surface area (Å²) in [5.41, 5.74) is -0.0570. The number of anilines is 1. The molecule has 0 aliphatic carbocycles. The Labute approximate surface area is 128 Å². The van der Waals surface area contributed by atoms with Crippen LogP contribution in [0.25, 0.3) is 0 Å². The van der Waals surface area contributed by atoms with Gasteiger partial charge in [-0.05, 0) is 38.6 Å². The summed E-state index contributed by atoms with van der Waals surface area (Å²) in [7, 11) is 2.21. The lowest BCUT2D eigenvalue weighted by Crippen LogP contribution is -2.41. The van der Waals surface area contributed by atoms with Gasteiger partial charge in [-0.15, -0.1) is 0 Å². The lowest BCUT2D eigenvalue weighted by molar-refractivity contribution is -0.384. The van der Waals surface area contributed by atoms with Crippen LogP contribution in [0.5, 0.6) is 0 Å². The van der Waals surface area contributed by atoms with E-state index in [-0.39, 0.29) is 10.7 Å². The zero-order chi connectivity index (χ0) is 15.0. The fraction of sp³-hybridized carbons (Fsp3) is 0.643. The molecule has 1 aromatic rings. The summed E-state index contributed by atoms with van der Waals surface area (Å²) in [5.74, 6) is 0.867. The first-order chi connectivity index (χ1) is 10.0. The van der Waals surface area contributed by atoms with E-state index in [1.807, 2.05) is 0 Å². The summed E-state index contributed by atoms with van der Waals surface area (Å²) < 4.78 is 0. The molecular formula is C14H19ClN4O2. The number of piperidine rings is 1. The summed E-state index contributed by atoms with van der Waals surface area (Å²) in [6, 6.07) is 2.68. The first-order valence-corrected chi connectivity index (χ1v) is 7.68. The predicted molar refractivity (Wildman–Crippen MR) is 81.7 cm³/mol. The van der Waals surface area contributed by atoms with E-state index in [1.165, 1.54) is 25.1 Å². The molecular weight excluding hydrogens is 292 g/mol. The molecule has 2 unspecified atom stereocenters. The Balaban J connectivity index is 1.65. The molecule has 1 N–H and O–H groups in total. The highest BCUT2D eigenvalue weighted by molar-refractivity contribution is 6.30. The van der Waals surface area contributed by atoms with Crippen LogP contribution >= 0.6 is 11.6 Å². The van der Waals surface area contributed by atoms with Crippen molar-refractivity contribution in [2.75, 3.05) is 18.9 Å². The number of nitrogens with one attached hydrogen (secondary N) is 1. The SMILES string of the molecule is CN1C2CCC1CC(CNc1ncc(Cl)cc1[N+](=O)[O-])C2. The molecule has 2 fully saturated rings. The van der Waals surface area contributed by atoms with E-state index in [0.717, 1.165) is 19.4 Å². The number of aromatic nitrogens is 1. The van der Waals surface area contributed by atoms with E-state index < -0.39 is 4.92 Å². The number of halogens is 1. The van der Waals surface area contributed by atoms with Gasteiger partial charge in [0.1, 0.15) is 0 Å². The average molecular weight is 311 g/mol. The highest BCUT2D eigenvalue weighted by Crippen LogP contribution is 2.37. The Morgan fingerprint density at radius 3 is 2.76 bits per heavy atom. The Hall–Kier alpha value is -1.40. The zero-order valence-corrected chi connectivity index (χ0v) is 12.7. The van der Waals surface area contributed by atoms with Gasteiger partial charge in [-0.2, -0.15) is 0 Å². The lowest BCUT2D eigenvalue weighted by atomic mass is 9.91. The van der Waals surface area contributed by atoms with Gasteiger partial charge in [0, 0.05) is 30.9 Å². The van der Waals surface area contributed by atoms with Gasteiger partial charge in [0.15, 0.2) is 0 Å². The van der Waals surface area contributed by atoms with Crippen LogP contribution in [-0.4, -0.2) is 40.5 Å². The van der Waals surface area contributed by atoms with Gasteiger partial charge < -0.3 is 10.2 Å². The summed E-state index contributed by atoms with van der Waals surface area (Å²) >= 11 is 5.77. The molecule has 0 amide bonds. The van der Waals surface area contributed by atoms with Crippen molar-refractivity contribution in [1.29, 1.82) is 0 Å². The molecule has 0 aromatic carbocycles. The minimum atomic E-state index is -0.445. The molecule has 1 aromatic heterocycles. The second-order valence-corrected chi connectivity index (χ2v) is 6.48. The van der Waals surface area contributed by atoms with Crippen molar-refractivity contribution in [2.24, 2.45) is 5.92 Å². The van der Waals surface area contributed by atoms with Crippen molar-refractivity contribution in [2.45, 2.75) is 37.8 Å². The van der Waals surface area contributed by atoms with Crippen molar-refractivity contribution in [3.8, 4) is 0 Å². The van der Waals surface area contributed by atoms with Gasteiger partial charge >= 0.3 is 5.69 Å². The van der Waals surface area contributed by atoms with Gasteiger partial charge in [-0.3, -0.25) is 10.1 Å². The van der Waals surface area contributed by atoms with Crippen molar-refractivity contribution in [3.05, 3.63) is 27.4 Å². The summed E-state index contributed by atoms with van der Waals surface area (Å²) in [6.45, 7) is 0.732. The number of hydrogen-bond acceptors (Lipinski definition) is 5. The van der Waals surface area contributed by atoms with Crippen LogP contribution in [0.4, 0.5) is 11.5 Å². The molecule has 2 aliphatic heterocycles. The maximum atomic E-state index is 11.0. The van der Waals surface area contributed by atoms with Gasteiger partial charge in [0.05, 0.1) is 9.95 Å². The molecule has 2 bridgehead atoms. The topological polar surface area (TPSA) is 71.3 Å². The van der Waals surface area contributed by atoms with Crippen LogP contribution in [0.3, 0.4) is 0 Å². The van der Waals surface area contributed by atoms with E-state index in [1.54, 1.807) is 0 Å². The molecule has 7 heteroatoms. The molecule has 2 saturated heterocycles. The second-order valence-electron chi connectivity index (χ2n) is 6.05. The number of hydrogen-bond donors (Lipinski definition) is 1. The van der Waals surface area contributed by atoms with Gasteiger partial charge in [-0.25, -0.2) is 4.98 Å². The minimum absolute atomic E-state index is 0.0570. The van der Waals surface area contributed by atoms with Crippen LogP contribution in [-0.2, 0) is 0 Å². The maximum absolute atomic E-state index is 11.0.